The summed E-state index contributed by atoms with van der Waals surface area (Å²) in [5.74, 6) is 0.705. The van der Waals surface area contributed by atoms with Crippen LogP contribution in [0.1, 0.15) is 6.92 Å². The number of benzene rings is 2. The first-order valence-electron chi connectivity index (χ1n) is 14.5. The van der Waals surface area contributed by atoms with Crippen LogP contribution in [0.2, 0.25) is 0 Å². The Morgan fingerprint density at radius 3 is 2.12 bits per heavy atom. The summed E-state index contributed by atoms with van der Waals surface area (Å²) in [6.07, 6.45) is -4.49. The fourth-order valence-corrected chi connectivity index (χ4v) is 4.89. The topological polar surface area (TPSA) is 157 Å². The molecule has 5 rings (SSSR count). The maximum absolute atomic E-state index is 12.4. The van der Waals surface area contributed by atoms with Gasteiger partial charge in [-0.05, 0) is 55.6 Å². The maximum atomic E-state index is 12.4. The summed E-state index contributed by atoms with van der Waals surface area (Å²) in [5.41, 5.74) is 0.869. The lowest BCUT2D eigenvalue weighted by molar-refractivity contribution is -0.153. The molecule has 48 heavy (non-hydrogen) atoms. The van der Waals surface area contributed by atoms with Gasteiger partial charge in [-0.15, -0.1) is 0 Å². The molecule has 1 saturated heterocycles. The van der Waals surface area contributed by atoms with Crippen LogP contribution < -0.4 is 30.7 Å². The zero-order chi connectivity index (χ0) is 34.7. The summed E-state index contributed by atoms with van der Waals surface area (Å²) >= 11 is 10.4. The molecule has 3 heterocycles. The minimum absolute atomic E-state index is 0.0127. The van der Waals surface area contributed by atoms with Crippen LogP contribution in [-0.2, 0) is 14.3 Å². The Hall–Kier alpha value is -4.46. The van der Waals surface area contributed by atoms with Crippen molar-refractivity contribution in [3.8, 4) is 11.5 Å². The van der Waals surface area contributed by atoms with Crippen LogP contribution in [-0.4, -0.2) is 104 Å². The Balaban J connectivity index is 0.000000217. The molecule has 260 valence electrons. The Morgan fingerprint density at radius 2 is 1.54 bits per heavy atom. The van der Waals surface area contributed by atoms with Crippen molar-refractivity contribution < 1.29 is 46.0 Å². The van der Waals surface area contributed by atoms with Crippen molar-refractivity contribution in [2.24, 2.45) is 0 Å². The molecular formula is C29H34F3N7O7S2. The number of alkyl halides is 3. The molecule has 1 aliphatic rings. The molecule has 1 unspecified atom stereocenters. The van der Waals surface area contributed by atoms with E-state index in [1.54, 1.807) is 7.11 Å². The van der Waals surface area contributed by atoms with Gasteiger partial charge in [0, 0.05) is 26.2 Å². The molecule has 0 saturated carbocycles. The predicted octanol–water partition coefficient (Wildman–Crippen LogP) is 4.07. The average Bonchev–Trinajstić information content (AvgIpc) is 3.68. The second kappa shape index (κ2) is 17.1. The number of hydrogen-bond donors (Lipinski definition) is 4. The lowest BCUT2D eigenvalue weighted by atomic mass is 10.2. The van der Waals surface area contributed by atoms with Gasteiger partial charge in [-0.3, -0.25) is 4.90 Å². The zero-order valence-electron chi connectivity index (χ0n) is 26.1. The lowest BCUT2D eigenvalue weighted by Gasteiger charge is -2.26. The molecular weight excluding hydrogens is 679 g/mol. The number of anilines is 2. The Kier molecular flexibility index (Phi) is 13.0. The first-order chi connectivity index (χ1) is 23.0. The zero-order valence-corrected chi connectivity index (χ0v) is 27.8. The number of thiocarbonyl (C=S) groups is 2. The van der Waals surface area contributed by atoms with E-state index in [0.29, 0.717) is 22.3 Å². The van der Waals surface area contributed by atoms with E-state index in [4.69, 9.17) is 47.7 Å². The number of methoxy groups -OCH3 is 2. The summed E-state index contributed by atoms with van der Waals surface area (Å²) in [5, 5.41) is 20.8. The number of hydrogen-bond acceptors (Lipinski definition) is 12. The largest absolute Gasteiger partial charge is 0.496 e. The molecule has 2 aromatic heterocycles. The number of nitrogens with one attached hydrogen (secondary N) is 4. The van der Waals surface area contributed by atoms with Gasteiger partial charge in [-0.25, -0.2) is 4.79 Å². The Morgan fingerprint density at radius 1 is 0.958 bits per heavy atom. The first kappa shape index (κ1) is 36.4. The van der Waals surface area contributed by atoms with E-state index >= 15 is 0 Å². The minimum atomic E-state index is -4.49. The molecule has 1 atom stereocenters. The normalized spacial score (nSPS) is 14.0. The Bertz CT molecular complexity index is 1700. The van der Waals surface area contributed by atoms with Crippen LogP contribution in [0.25, 0.3) is 21.9 Å². The number of ether oxygens (including phenoxy) is 4. The third-order valence-corrected chi connectivity index (χ3v) is 7.18. The number of esters is 1. The number of carbonyl (C=O) groups is 1. The molecule has 4 aromatic rings. The van der Waals surface area contributed by atoms with Crippen molar-refractivity contribution in [3.63, 3.8) is 0 Å². The van der Waals surface area contributed by atoms with E-state index in [9.17, 15) is 18.0 Å². The summed E-state index contributed by atoms with van der Waals surface area (Å²) in [6.45, 7) is 5.28. The molecule has 19 heteroatoms. The quantitative estimate of drug-likeness (QED) is 0.138. The summed E-state index contributed by atoms with van der Waals surface area (Å²) in [6, 6.07) is 9.16. The van der Waals surface area contributed by atoms with Crippen molar-refractivity contribution in [1.29, 1.82) is 0 Å². The highest BCUT2D eigenvalue weighted by Crippen LogP contribution is 2.33. The number of morpholine rings is 1. The van der Waals surface area contributed by atoms with Crippen LogP contribution in [0.4, 0.5) is 24.8 Å². The standard InChI is InChI=1S/C15H20N4O3S.C14H14F3N3O4S/c1-20-11-3-2-4-12-13(11)14(18-22-12)17-15(23)16-5-6-19-7-9-21-10-8-19;1-7(12(21)22-2)18-13(25)19-11-10-8(23-6-14(15,16)17)4-3-5-9(10)24-20-11/h2-4H,5-10H2,1H3,(H2,16,17,18,23);3-5,7H,6H2,1-2H3,(H2,18,19,20,25). The molecule has 1 aliphatic heterocycles. The van der Waals surface area contributed by atoms with E-state index in [0.717, 1.165) is 44.8 Å². The van der Waals surface area contributed by atoms with Crippen molar-refractivity contribution in [2.45, 2.75) is 19.1 Å². The third kappa shape index (κ3) is 10.3. The van der Waals surface area contributed by atoms with Crippen LogP contribution in [0.3, 0.4) is 0 Å². The lowest BCUT2D eigenvalue weighted by Crippen LogP contribution is -2.42. The van der Waals surface area contributed by atoms with Crippen LogP contribution in [0.5, 0.6) is 11.5 Å². The highest BCUT2D eigenvalue weighted by Gasteiger charge is 2.29. The second-order valence-corrected chi connectivity index (χ2v) is 10.9. The van der Waals surface area contributed by atoms with Crippen molar-refractivity contribution in [3.05, 3.63) is 36.4 Å². The van der Waals surface area contributed by atoms with E-state index in [1.165, 1.54) is 32.2 Å². The fraction of sp³-hybridized carbons (Fsp3) is 0.414. The van der Waals surface area contributed by atoms with Crippen LogP contribution in [0, 0.1) is 0 Å². The van der Waals surface area contributed by atoms with E-state index in [1.807, 2.05) is 18.2 Å². The van der Waals surface area contributed by atoms with Crippen molar-refractivity contribution >= 4 is 74.2 Å². The molecule has 2 aromatic carbocycles. The molecule has 1 fully saturated rings. The van der Waals surface area contributed by atoms with Gasteiger partial charge in [0.05, 0.1) is 27.4 Å². The number of carbonyl (C=O) groups excluding carboxylic acids is 1. The van der Waals surface area contributed by atoms with Gasteiger partial charge >= 0.3 is 12.1 Å². The van der Waals surface area contributed by atoms with Crippen molar-refractivity contribution in [1.82, 2.24) is 25.8 Å². The molecule has 0 spiro atoms. The van der Waals surface area contributed by atoms with E-state index < -0.39 is 24.8 Å². The number of nitrogens with zero attached hydrogens (tertiary/aromatic N) is 3. The van der Waals surface area contributed by atoms with Gasteiger partial charge in [0.25, 0.3) is 0 Å². The molecule has 0 aliphatic carbocycles. The van der Waals surface area contributed by atoms with E-state index in [2.05, 4.69) is 41.2 Å². The molecule has 14 nitrogen and oxygen atoms in total. The number of halogens is 3. The second-order valence-electron chi connectivity index (χ2n) is 10.1. The highest BCUT2D eigenvalue weighted by molar-refractivity contribution is 7.80. The fourth-order valence-electron chi connectivity index (χ4n) is 4.42. The summed E-state index contributed by atoms with van der Waals surface area (Å²) in [4.78, 5) is 13.7. The van der Waals surface area contributed by atoms with Gasteiger partial charge in [0.15, 0.2) is 39.6 Å². The summed E-state index contributed by atoms with van der Waals surface area (Å²) < 4.78 is 67.5. The molecule has 4 N–H and O–H groups in total. The van der Waals surface area contributed by atoms with Crippen LogP contribution >= 0.6 is 24.4 Å². The molecule has 0 bridgehead atoms. The van der Waals surface area contributed by atoms with E-state index in [-0.39, 0.29) is 27.6 Å². The monoisotopic (exact) mass is 713 g/mol. The van der Waals surface area contributed by atoms with Gasteiger partial charge in [0.2, 0.25) is 0 Å². The number of fused-ring (bicyclic) bond motifs is 2. The van der Waals surface area contributed by atoms with Gasteiger partial charge in [0.1, 0.15) is 28.3 Å². The minimum Gasteiger partial charge on any atom is -0.496 e. The third-order valence-electron chi connectivity index (χ3n) is 6.71. The van der Waals surface area contributed by atoms with Crippen molar-refractivity contribution in [2.75, 3.05) is 70.9 Å². The highest BCUT2D eigenvalue weighted by atomic mass is 32.1. The average molecular weight is 714 g/mol. The maximum Gasteiger partial charge on any atom is 0.422 e. The Labute approximate surface area is 283 Å². The first-order valence-corrected chi connectivity index (χ1v) is 15.3. The predicted molar refractivity (Wildman–Crippen MR) is 178 cm³/mol. The number of aromatic nitrogens is 2. The smallest absolute Gasteiger partial charge is 0.422 e. The van der Waals surface area contributed by atoms with Gasteiger partial charge in [-0.2, -0.15) is 13.2 Å². The van der Waals surface area contributed by atoms with Gasteiger partial charge in [-0.1, -0.05) is 22.4 Å². The SMILES string of the molecule is COC(=O)C(C)NC(=S)Nc1noc2cccc(OCC(F)(F)F)c12.COc1cccc2onc(NC(=S)NCCN3CCOCC3)c12. The van der Waals surface area contributed by atoms with Crippen LogP contribution in [0.15, 0.2) is 45.4 Å². The number of rotatable bonds is 10. The summed E-state index contributed by atoms with van der Waals surface area (Å²) in [7, 11) is 2.84. The molecule has 0 radical (unpaired) electrons. The molecule has 0 amide bonds. The van der Waals surface area contributed by atoms with Gasteiger partial charge < -0.3 is 49.3 Å².